The van der Waals surface area contributed by atoms with Crippen molar-refractivity contribution in [2.75, 3.05) is 13.2 Å². The van der Waals surface area contributed by atoms with Crippen LogP contribution in [0.3, 0.4) is 0 Å². The van der Waals surface area contributed by atoms with E-state index in [0.717, 1.165) is 37.0 Å². The average molecular weight is 266 g/mol. The van der Waals surface area contributed by atoms with E-state index in [9.17, 15) is 0 Å². The second-order valence-corrected chi connectivity index (χ2v) is 5.86. The van der Waals surface area contributed by atoms with Crippen LogP contribution in [0.15, 0.2) is 24.3 Å². The molecule has 98 valence electrons. The summed E-state index contributed by atoms with van der Waals surface area (Å²) in [5, 5.41) is 4.65. The predicted octanol–water partition coefficient (Wildman–Crippen LogP) is 3.56. The maximum Gasteiger partial charge on any atom is 0.0480 e. The van der Waals surface area contributed by atoms with Crippen LogP contribution in [-0.2, 0) is 4.74 Å². The number of hydrogen-bond acceptors (Lipinski definition) is 2. The Kier molecular flexibility index (Phi) is 3.88. The molecule has 1 aliphatic carbocycles. The Bertz CT molecular complexity index is 382. The molecule has 1 saturated carbocycles. The third-order valence-electron chi connectivity index (χ3n) is 3.96. The van der Waals surface area contributed by atoms with E-state index in [4.69, 9.17) is 16.3 Å². The molecule has 0 amide bonds. The molecule has 0 radical (unpaired) electrons. The maximum absolute atomic E-state index is 5.97. The molecule has 1 atom stereocenters. The molecule has 2 aliphatic rings. The van der Waals surface area contributed by atoms with Crippen molar-refractivity contribution in [2.45, 2.75) is 37.8 Å². The summed E-state index contributed by atoms with van der Waals surface area (Å²) >= 11 is 5.97. The van der Waals surface area contributed by atoms with Gasteiger partial charge in [0.1, 0.15) is 0 Å². The molecule has 1 aromatic rings. The minimum Gasteiger partial charge on any atom is -0.381 e. The molecule has 0 spiro atoms. The quantitative estimate of drug-likeness (QED) is 0.899. The van der Waals surface area contributed by atoms with Gasteiger partial charge in [-0.2, -0.15) is 0 Å². The highest BCUT2D eigenvalue weighted by Gasteiger charge is 2.33. The van der Waals surface area contributed by atoms with Crippen LogP contribution in [0, 0.1) is 5.92 Å². The Morgan fingerprint density at radius 3 is 2.33 bits per heavy atom. The molecule has 2 nitrogen and oxygen atoms in total. The largest absolute Gasteiger partial charge is 0.381 e. The number of benzene rings is 1. The topological polar surface area (TPSA) is 21.3 Å². The summed E-state index contributed by atoms with van der Waals surface area (Å²) in [5.74, 6) is 0.814. The predicted molar refractivity (Wildman–Crippen MR) is 73.9 cm³/mol. The lowest BCUT2D eigenvalue weighted by Gasteiger charge is -2.29. The lowest BCUT2D eigenvalue weighted by atomic mass is 9.99. The molecule has 3 heteroatoms. The summed E-state index contributed by atoms with van der Waals surface area (Å²) < 4.78 is 5.42. The Morgan fingerprint density at radius 2 is 1.72 bits per heavy atom. The van der Waals surface area contributed by atoms with Crippen molar-refractivity contribution >= 4 is 11.6 Å². The van der Waals surface area contributed by atoms with E-state index in [-0.39, 0.29) is 0 Å². The summed E-state index contributed by atoms with van der Waals surface area (Å²) in [5.41, 5.74) is 1.38. The summed E-state index contributed by atoms with van der Waals surface area (Å²) in [4.78, 5) is 0. The molecule has 0 aromatic heterocycles. The fourth-order valence-corrected chi connectivity index (χ4v) is 2.85. The van der Waals surface area contributed by atoms with E-state index < -0.39 is 0 Å². The number of hydrogen-bond donors (Lipinski definition) is 1. The molecule has 1 aliphatic heterocycles. The van der Waals surface area contributed by atoms with Crippen LogP contribution in [0.25, 0.3) is 0 Å². The highest BCUT2D eigenvalue weighted by atomic mass is 35.5. The first-order valence-corrected chi connectivity index (χ1v) is 7.30. The molecule has 1 N–H and O–H groups in total. The minimum atomic E-state index is 0.505. The van der Waals surface area contributed by atoms with Crippen LogP contribution < -0.4 is 5.32 Å². The van der Waals surface area contributed by atoms with Gasteiger partial charge in [0.2, 0.25) is 0 Å². The van der Waals surface area contributed by atoms with Crippen LogP contribution in [0.2, 0.25) is 5.02 Å². The van der Waals surface area contributed by atoms with Crippen molar-refractivity contribution < 1.29 is 4.74 Å². The van der Waals surface area contributed by atoms with E-state index in [1.165, 1.54) is 18.4 Å². The zero-order valence-corrected chi connectivity index (χ0v) is 11.3. The fraction of sp³-hybridized carbons (Fsp3) is 0.600. The van der Waals surface area contributed by atoms with Gasteiger partial charge < -0.3 is 10.1 Å². The molecular weight excluding hydrogens is 246 g/mol. The zero-order chi connectivity index (χ0) is 12.4. The first-order chi connectivity index (χ1) is 8.83. The van der Waals surface area contributed by atoms with Gasteiger partial charge in [0.15, 0.2) is 0 Å². The Hall–Kier alpha value is -0.570. The van der Waals surface area contributed by atoms with Crippen LogP contribution in [0.5, 0.6) is 0 Å². The van der Waals surface area contributed by atoms with Crippen LogP contribution in [-0.4, -0.2) is 19.3 Å². The van der Waals surface area contributed by atoms with Crippen LogP contribution >= 0.6 is 11.6 Å². The van der Waals surface area contributed by atoms with Crippen molar-refractivity contribution in [3.05, 3.63) is 34.9 Å². The van der Waals surface area contributed by atoms with E-state index in [0.29, 0.717) is 12.1 Å². The van der Waals surface area contributed by atoms with Crippen molar-refractivity contribution in [3.63, 3.8) is 0 Å². The number of halogens is 1. The van der Waals surface area contributed by atoms with E-state index in [1.54, 1.807) is 0 Å². The number of nitrogens with one attached hydrogen (secondary N) is 1. The molecule has 2 fully saturated rings. The molecule has 0 bridgehead atoms. The van der Waals surface area contributed by atoms with Gasteiger partial charge in [-0.3, -0.25) is 0 Å². The minimum absolute atomic E-state index is 0.505. The average Bonchev–Trinajstić information content (AvgIpc) is 3.23. The third kappa shape index (κ3) is 3.05. The molecule has 1 aromatic carbocycles. The van der Waals surface area contributed by atoms with Crippen molar-refractivity contribution in [1.29, 1.82) is 0 Å². The number of ether oxygens (including phenoxy) is 1. The SMILES string of the molecule is Clc1ccc(C(NC2CCOCC2)C2CC2)cc1. The molecule has 1 heterocycles. The van der Waals surface area contributed by atoms with Gasteiger partial charge in [-0.05, 0) is 49.3 Å². The van der Waals surface area contributed by atoms with Crippen molar-refractivity contribution in [1.82, 2.24) is 5.32 Å². The maximum atomic E-state index is 5.97. The molecule has 1 saturated heterocycles. The summed E-state index contributed by atoms with van der Waals surface area (Å²) in [6.07, 6.45) is 4.97. The Morgan fingerprint density at radius 1 is 1.06 bits per heavy atom. The first-order valence-electron chi connectivity index (χ1n) is 6.92. The van der Waals surface area contributed by atoms with Crippen molar-refractivity contribution in [2.24, 2.45) is 5.92 Å². The Labute approximate surface area is 114 Å². The normalized spacial score (nSPS) is 22.9. The second-order valence-electron chi connectivity index (χ2n) is 5.42. The smallest absolute Gasteiger partial charge is 0.0480 e. The van der Waals surface area contributed by atoms with Gasteiger partial charge in [0, 0.05) is 30.3 Å². The summed E-state index contributed by atoms with van der Waals surface area (Å²) in [6.45, 7) is 1.80. The van der Waals surface area contributed by atoms with Gasteiger partial charge in [0.25, 0.3) is 0 Å². The second kappa shape index (κ2) is 5.60. The molecular formula is C15H20ClNO. The van der Waals surface area contributed by atoms with Gasteiger partial charge in [-0.25, -0.2) is 0 Å². The van der Waals surface area contributed by atoms with Gasteiger partial charge in [-0.15, -0.1) is 0 Å². The van der Waals surface area contributed by atoms with E-state index in [2.05, 4.69) is 17.4 Å². The molecule has 1 unspecified atom stereocenters. The molecule has 18 heavy (non-hydrogen) atoms. The standard InChI is InChI=1S/C15H20ClNO/c16-13-5-3-12(4-6-13)15(11-1-2-11)17-14-7-9-18-10-8-14/h3-6,11,14-15,17H,1-2,7-10H2. The monoisotopic (exact) mass is 265 g/mol. The lowest BCUT2D eigenvalue weighted by molar-refractivity contribution is 0.0739. The number of rotatable bonds is 4. The highest BCUT2D eigenvalue weighted by Crippen LogP contribution is 2.41. The van der Waals surface area contributed by atoms with E-state index >= 15 is 0 Å². The van der Waals surface area contributed by atoms with Crippen LogP contribution in [0.1, 0.15) is 37.3 Å². The third-order valence-corrected chi connectivity index (χ3v) is 4.21. The van der Waals surface area contributed by atoms with E-state index in [1.807, 2.05) is 12.1 Å². The van der Waals surface area contributed by atoms with Gasteiger partial charge in [-0.1, -0.05) is 23.7 Å². The first kappa shape index (κ1) is 12.5. The summed E-state index contributed by atoms with van der Waals surface area (Å²) in [7, 11) is 0. The van der Waals surface area contributed by atoms with Crippen molar-refractivity contribution in [3.8, 4) is 0 Å². The molecule has 3 rings (SSSR count). The van der Waals surface area contributed by atoms with Gasteiger partial charge >= 0.3 is 0 Å². The zero-order valence-electron chi connectivity index (χ0n) is 10.6. The highest BCUT2D eigenvalue weighted by molar-refractivity contribution is 6.30. The fourth-order valence-electron chi connectivity index (χ4n) is 2.72. The van der Waals surface area contributed by atoms with Crippen LogP contribution in [0.4, 0.5) is 0 Å². The lowest BCUT2D eigenvalue weighted by Crippen LogP contribution is -2.38. The summed E-state index contributed by atoms with van der Waals surface area (Å²) in [6, 6.07) is 9.44. The Balaban J connectivity index is 1.69. The van der Waals surface area contributed by atoms with Gasteiger partial charge in [0.05, 0.1) is 0 Å².